The molecule has 0 unspecified atom stereocenters. The molecule has 0 aliphatic rings. The largest absolute Gasteiger partial charge is 0.437 e. The number of hydrogen-bond donors (Lipinski definition) is 1. The maximum Gasteiger partial charge on any atom is 0.237 e. The summed E-state index contributed by atoms with van der Waals surface area (Å²) in [6.45, 7) is 5.91. The van der Waals surface area contributed by atoms with Gasteiger partial charge in [-0.15, -0.1) is 0 Å². The number of aromatic nitrogens is 2. The van der Waals surface area contributed by atoms with Crippen LogP contribution in [0.5, 0.6) is 11.6 Å². The first-order valence-electron chi connectivity index (χ1n) is 6.69. The van der Waals surface area contributed by atoms with Crippen molar-refractivity contribution in [1.82, 2.24) is 15.3 Å². The number of ether oxygens (including phenoxy) is 1. The van der Waals surface area contributed by atoms with Crippen LogP contribution >= 0.6 is 15.9 Å². The molecule has 0 atom stereocenters. The van der Waals surface area contributed by atoms with E-state index >= 15 is 0 Å². The Morgan fingerprint density at radius 2 is 2.10 bits per heavy atom. The summed E-state index contributed by atoms with van der Waals surface area (Å²) in [6.07, 6.45) is 3.23. The lowest BCUT2D eigenvalue weighted by molar-refractivity contribution is 0.456. The second kappa shape index (κ2) is 7.47. The number of nitrogens with one attached hydrogen (secondary N) is 1. The predicted molar refractivity (Wildman–Crippen MR) is 82.8 cm³/mol. The van der Waals surface area contributed by atoms with E-state index in [9.17, 15) is 4.39 Å². The Balaban J connectivity index is 1.94. The van der Waals surface area contributed by atoms with E-state index in [2.05, 4.69) is 45.1 Å². The lowest BCUT2D eigenvalue weighted by Gasteiger charge is -2.08. The molecule has 2 rings (SSSR count). The topological polar surface area (TPSA) is 47.0 Å². The predicted octanol–water partition coefficient (Wildman–Crippen LogP) is 3.92. The summed E-state index contributed by atoms with van der Waals surface area (Å²) in [5.41, 5.74) is 0.850. The monoisotopic (exact) mass is 353 g/mol. The summed E-state index contributed by atoms with van der Waals surface area (Å²) in [6, 6.07) is 4.42. The molecule has 0 aliphatic carbocycles. The highest BCUT2D eigenvalue weighted by atomic mass is 79.9. The van der Waals surface area contributed by atoms with Gasteiger partial charge >= 0.3 is 0 Å². The van der Waals surface area contributed by atoms with Crippen LogP contribution in [0.1, 0.15) is 19.5 Å². The van der Waals surface area contributed by atoms with Crippen LogP contribution in [0.4, 0.5) is 4.39 Å². The van der Waals surface area contributed by atoms with Gasteiger partial charge in [0.15, 0.2) is 0 Å². The van der Waals surface area contributed by atoms with Gasteiger partial charge in [-0.3, -0.25) is 4.98 Å². The molecular weight excluding hydrogens is 337 g/mol. The third-order valence-corrected chi connectivity index (χ3v) is 3.26. The normalized spacial score (nSPS) is 10.9. The van der Waals surface area contributed by atoms with Crippen molar-refractivity contribution < 1.29 is 9.13 Å². The molecule has 0 saturated heterocycles. The van der Waals surface area contributed by atoms with Gasteiger partial charge in [0.25, 0.3) is 0 Å². The fraction of sp³-hybridized carbons (Fsp3) is 0.333. The van der Waals surface area contributed by atoms with Crippen molar-refractivity contribution in [3.63, 3.8) is 0 Å². The van der Waals surface area contributed by atoms with Gasteiger partial charge < -0.3 is 10.1 Å². The van der Waals surface area contributed by atoms with Crippen molar-refractivity contribution >= 4 is 15.9 Å². The Hall–Kier alpha value is -1.53. The third kappa shape index (κ3) is 5.06. The van der Waals surface area contributed by atoms with Crippen LogP contribution in [-0.2, 0) is 6.54 Å². The van der Waals surface area contributed by atoms with Crippen molar-refractivity contribution in [1.29, 1.82) is 0 Å². The molecule has 2 aromatic rings. The molecule has 0 amide bonds. The van der Waals surface area contributed by atoms with Gasteiger partial charge in [-0.1, -0.05) is 13.8 Å². The smallest absolute Gasteiger partial charge is 0.237 e. The summed E-state index contributed by atoms with van der Waals surface area (Å²) in [5.74, 6) is 1.14. The Bertz CT molecular complexity index is 590. The second-order valence-electron chi connectivity index (χ2n) is 5.05. The van der Waals surface area contributed by atoms with E-state index in [-0.39, 0.29) is 5.82 Å². The van der Waals surface area contributed by atoms with E-state index in [1.807, 2.05) is 0 Å². The average Bonchev–Trinajstić information content (AvgIpc) is 2.44. The fourth-order valence-corrected chi connectivity index (χ4v) is 1.99. The molecule has 1 N–H and O–H groups in total. The fourth-order valence-electron chi connectivity index (χ4n) is 1.64. The number of rotatable bonds is 6. The van der Waals surface area contributed by atoms with Crippen LogP contribution in [-0.4, -0.2) is 16.5 Å². The Morgan fingerprint density at radius 3 is 2.71 bits per heavy atom. The molecule has 0 fully saturated rings. The van der Waals surface area contributed by atoms with Gasteiger partial charge in [-0.05, 0) is 46.6 Å². The summed E-state index contributed by atoms with van der Waals surface area (Å²) in [7, 11) is 0. The summed E-state index contributed by atoms with van der Waals surface area (Å²) < 4.78 is 19.0. The van der Waals surface area contributed by atoms with Gasteiger partial charge in [0.05, 0.1) is 22.6 Å². The number of nitrogens with zero attached hydrogens (tertiary/aromatic N) is 2. The van der Waals surface area contributed by atoms with Crippen LogP contribution in [0.25, 0.3) is 0 Å². The highest BCUT2D eigenvalue weighted by molar-refractivity contribution is 9.10. The summed E-state index contributed by atoms with van der Waals surface area (Å²) in [5, 5.41) is 3.29. The SMILES string of the molecule is CC(C)CNCc1cnc(Oc2ccc(F)c(Br)c2)cn1. The maximum absolute atomic E-state index is 13.1. The quantitative estimate of drug-likeness (QED) is 0.854. The minimum Gasteiger partial charge on any atom is -0.437 e. The van der Waals surface area contributed by atoms with Crippen LogP contribution in [0.3, 0.4) is 0 Å². The zero-order chi connectivity index (χ0) is 15.2. The van der Waals surface area contributed by atoms with Crippen molar-refractivity contribution in [3.8, 4) is 11.6 Å². The second-order valence-corrected chi connectivity index (χ2v) is 5.90. The van der Waals surface area contributed by atoms with E-state index < -0.39 is 0 Å². The number of benzene rings is 1. The van der Waals surface area contributed by atoms with Gasteiger partial charge in [0.1, 0.15) is 11.6 Å². The Labute approximate surface area is 131 Å². The van der Waals surface area contributed by atoms with Crippen LogP contribution in [0, 0.1) is 11.7 Å². The zero-order valence-corrected chi connectivity index (χ0v) is 13.5. The van der Waals surface area contributed by atoms with Gasteiger partial charge in [0, 0.05) is 6.54 Å². The van der Waals surface area contributed by atoms with E-state index in [4.69, 9.17) is 4.74 Å². The van der Waals surface area contributed by atoms with E-state index in [0.717, 1.165) is 12.2 Å². The van der Waals surface area contributed by atoms with Crippen LogP contribution < -0.4 is 10.1 Å². The molecule has 0 radical (unpaired) electrons. The molecule has 1 heterocycles. The molecule has 6 heteroatoms. The lowest BCUT2D eigenvalue weighted by Crippen LogP contribution is -2.19. The van der Waals surface area contributed by atoms with E-state index in [1.165, 1.54) is 6.07 Å². The first-order chi connectivity index (χ1) is 10.0. The molecular formula is C15H17BrFN3O. The van der Waals surface area contributed by atoms with Crippen LogP contribution in [0.2, 0.25) is 0 Å². The van der Waals surface area contributed by atoms with Gasteiger partial charge in [0.2, 0.25) is 5.88 Å². The van der Waals surface area contributed by atoms with Crippen molar-refractivity contribution in [3.05, 3.63) is 46.6 Å². The lowest BCUT2D eigenvalue weighted by atomic mass is 10.2. The molecule has 1 aromatic heterocycles. The summed E-state index contributed by atoms with van der Waals surface area (Å²) >= 11 is 3.11. The van der Waals surface area contributed by atoms with Crippen molar-refractivity contribution in [2.45, 2.75) is 20.4 Å². The van der Waals surface area contributed by atoms with Crippen molar-refractivity contribution in [2.24, 2.45) is 5.92 Å². The molecule has 0 spiro atoms. The molecule has 0 saturated carbocycles. The number of halogens is 2. The molecule has 1 aromatic carbocycles. The minimum atomic E-state index is -0.333. The standard InChI is InChI=1S/C15H17BrFN3O/c1-10(2)6-18-7-11-8-20-15(9-19-11)21-12-3-4-14(17)13(16)5-12/h3-5,8-10,18H,6-7H2,1-2H3. The summed E-state index contributed by atoms with van der Waals surface area (Å²) in [4.78, 5) is 8.47. The third-order valence-electron chi connectivity index (χ3n) is 2.65. The zero-order valence-electron chi connectivity index (χ0n) is 11.9. The molecule has 0 bridgehead atoms. The van der Waals surface area contributed by atoms with Crippen LogP contribution in [0.15, 0.2) is 35.1 Å². The molecule has 0 aliphatic heterocycles. The Morgan fingerprint density at radius 1 is 1.29 bits per heavy atom. The highest BCUT2D eigenvalue weighted by Crippen LogP contribution is 2.24. The number of hydrogen-bond acceptors (Lipinski definition) is 4. The first-order valence-corrected chi connectivity index (χ1v) is 7.48. The van der Waals surface area contributed by atoms with Gasteiger partial charge in [-0.25, -0.2) is 9.37 Å². The maximum atomic E-state index is 13.1. The molecule has 21 heavy (non-hydrogen) atoms. The Kier molecular flexibility index (Phi) is 5.64. The first kappa shape index (κ1) is 15.9. The highest BCUT2D eigenvalue weighted by Gasteiger charge is 2.04. The van der Waals surface area contributed by atoms with E-state index in [0.29, 0.717) is 28.6 Å². The van der Waals surface area contributed by atoms with E-state index in [1.54, 1.807) is 24.5 Å². The van der Waals surface area contributed by atoms with Crippen molar-refractivity contribution in [2.75, 3.05) is 6.54 Å². The minimum absolute atomic E-state index is 0.333. The molecule has 4 nitrogen and oxygen atoms in total. The van der Waals surface area contributed by atoms with Gasteiger partial charge in [-0.2, -0.15) is 0 Å². The average molecular weight is 354 g/mol. The molecule has 112 valence electrons.